The van der Waals surface area contributed by atoms with E-state index in [0.29, 0.717) is 10.9 Å². The number of carbonyl (C=O) groups is 2. The Labute approximate surface area is 147 Å². The maximum absolute atomic E-state index is 12.0. The van der Waals surface area contributed by atoms with Gasteiger partial charge in [-0.2, -0.15) is 0 Å². The predicted molar refractivity (Wildman–Crippen MR) is 89.3 cm³/mol. The molecule has 1 aromatic rings. The quantitative estimate of drug-likeness (QED) is 0.690. The van der Waals surface area contributed by atoms with E-state index in [4.69, 9.17) is 16.3 Å². The van der Waals surface area contributed by atoms with Crippen LogP contribution in [-0.4, -0.2) is 56.4 Å². The number of carbonyl (C=O) groups excluding carboxylic acids is 2. The van der Waals surface area contributed by atoms with Crippen LogP contribution in [0.25, 0.3) is 0 Å². The molecule has 0 radical (unpaired) electrons. The average Bonchev–Trinajstić information content (AvgIpc) is 2.86. The van der Waals surface area contributed by atoms with Crippen LogP contribution in [0.2, 0.25) is 5.02 Å². The van der Waals surface area contributed by atoms with Crippen LogP contribution >= 0.6 is 27.5 Å². The monoisotopic (exact) mass is 423 g/mol. The molecule has 0 saturated carbocycles. The smallest absolute Gasteiger partial charge is 0.340 e. The Balaban J connectivity index is 1.93. The van der Waals surface area contributed by atoms with Crippen molar-refractivity contribution in [3.05, 3.63) is 33.3 Å². The second kappa shape index (κ2) is 7.19. The molecule has 1 aliphatic heterocycles. The summed E-state index contributed by atoms with van der Waals surface area (Å²) < 4.78 is 28.5. The summed E-state index contributed by atoms with van der Waals surface area (Å²) in [5.41, 5.74) is 0.153. The number of halogens is 2. The Morgan fingerprint density at radius 3 is 2.74 bits per heavy atom. The Morgan fingerprint density at radius 2 is 2.13 bits per heavy atom. The molecule has 0 aliphatic carbocycles. The number of hydrogen-bond acceptors (Lipinski definition) is 5. The third-order valence-corrected chi connectivity index (χ3v) is 6.20. The number of likely N-dealkylation sites (N-methyl/N-ethyl adjacent to an activating group) is 1. The fourth-order valence-electron chi connectivity index (χ4n) is 2.25. The van der Waals surface area contributed by atoms with Gasteiger partial charge in [0.25, 0.3) is 5.91 Å². The zero-order valence-electron chi connectivity index (χ0n) is 12.3. The Morgan fingerprint density at radius 1 is 1.43 bits per heavy atom. The molecule has 23 heavy (non-hydrogen) atoms. The molecule has 2 rings (SSSR count). The minimum atomic E-state index is -3.08. The van der Waals surface area contributed by atoms with Crippen molar-refractivity contribution < 1.29 is 22.7 Å². The first kappa shape index (κ1) is 18.2. The minimum Gasteiger partial charge on any atom is -0.452 e. The Kier molecular flexibility index (Phi) is 5.70. The third-order valence-electron chi connectivity index (χ3n) is 3.62. The summed E-state index contributed by atoms with van der Waals surface area (Å²) in [7, 11) is -1.58. The lowest BCUT2D eigenvalue weighted by molar-refractivity contribution is -0.134. The van der Waals surface area contributed by atoms with Crippen molar-refractivity contribution in [2.75, 3.05) is 25.2 Å². The second-order valence-electron chi connectivity index (χ2n) is 5.26. The van der Waals surface area contributed by atoms with Gasteiger partial charge in [0, 0.05) is 17.6 Å². The van der Waals surface area contributed by atoms with E-state index in [9.17, 15) is 18.0 Å². The second-order valence-corrected chi connectivity index (χ2v) is 8.81. The van der Waals surface area contributed by atoms with E-state index in [1.165, 1.54) is 18.0 Å². The van der Waals surface area contributed by atoms with Crippen molar-refractivity contribution in [3.8, 4) is 0 Å². The normalized spacial score (nSPS) is 19.3. The molecule has 6 nitrogen and oxygen atoms in total. The van der Waals surface area contributed by atoms with Crippen molar-refractivity contribution in [2.24, 2.45) is 0 Å². The lowest BCUT2D eigenvalue weighted by atomic mass is 10.2. The minimum absolute atomic E-state index is 0.0549. The van der Waals surface area contributed by atoms with Crippen molar-refractivity contribution >= 4 is 49.2 Å². The van der Waals surface area contributed by atoms with E-state index >= 15 is 0 Å². The highest BCUT2D eigenvalue weighted by molar-refractivity contribution is 9.10. The zero-order valence-corrected chi connectivity index (χ0v) is 15.4. The van der Waals surface area contributed by atoms with Crippen LogP contribution in [0, 0.1) is 0 Å². The number of benzene rings is 1. The number of amides is 1. The summed E-state index contributed by atoms with van der Waals surface area (Å²) in [5.74, 6) is -1.15. The fourth-order valence-corrected chi connectivity index (χ4v) is 4.58. The highest BCUT2D eigenvalue weighted by Gasteiger charge is 2.33. The van der Waals surface area contributed by atoms with Gasteiger partial charge in [-0.25, -0.2) is 13.2 Å². The summed E-state index contributed by atoms with van der Waals surface area (Å²) in [6.45, 7) is -0.464. The summed E-state index contributed by atoms with van der Waals surface area (Å²) >= 11 is 9.14. The molecule has 1 aliphatic rings. The first-order valence-electron chi connectivity index (χ1n) is 6.78. The maximum atomic E-state index is 12.0. The largest absolute Gasteiger partial charge is 0.452 e. The SMILES string of the molecule is CN(C(=O)COC(=O)c1cc(Br)ccc1Cl)[C@H]1CCS(=O)(=O)C1. The van der Waals surface area contributed by atoms with Gasteiger partial charge in [0.1, 0.15) is 0 Å². The van der Waals surface area contributed by atoms with E-state index in [1.54, 1.807) is 12.1 Å². The van der Waals surface area contributed by atoms with E-state index in [1.807, 2.05) is 0 Å². The van der Waals surface area contributed by atoms with E-state index in [0.717, 1.165) is 0 Å². The van der Waals surface area contributed by atoms with Crippen LogP contribution in [-0.2, 0) is 19.4 Å². The van der Waals surface area contributed by atoms with Crippen molar-refractivity contribution in [1.82, 2.24) is 4.90 Å². The first-order valence-corrected chi connectivity index (χ1v) is 9.77. The van der Waals surface area contributed by atoms with Gasteiger partial charge in [0.15, 0.2) is 16.4 Å². The lowest BCUT2D eigenvalue weighted by Crippen LogP contribution is -2.40. The first-order chi connectivity index (χ1) is 10.7. The van der Waals surface area contributed by atoms with E-state index < -0.39 is 28.3 Å². The number of rotatable bonds is 4. The van der Waals surface area contributed by atoms with Crippen LogP contribution in [0.5, 0.6) is 0 Å². The van der Waals surface area contributed by atoms with Gasteiger partial charge in [-0.3, -0.25) is 4.79 Å². The molecule has 1 amide bonds. The van der Waals surface area contributed by atoms with Crippen LogP contribution < -0.4 is 0 Å². The molecule has 1 atom stereocenters. The standard InChI is InChI=1S/C14H15BrClNO5S/c1-17(10-4-5-23(20,21)8-10)13(18)7-22-14(19)11-6-9(15)2-3-12(11)16/h2-3,6,10H,4-5,7-8H2,1H3/t10-/m0/s1. The molecule has 0 aromatic heterocycles. The van der Waals surface area contributed by atoms with Gasteiger partial charge < -0.3 is 9.64 Å². The van der Waals surface area contributed by atoms with Gasteiger partial charge in [-0.15, -0.1) is 0 Å². The molecule has 1 aromatic carbocycles. The maximum Gasteiger partial charge on any atom is 0.340 e. The topological polar surface area (TPSA) is 80.8 Å². The van der Waals surface area contributed by atoms with Gasteiger partial charge in [0.2, 0.25) is 0 Å². The molecule has 126 valence electrons. The van der Waals surface area contributed by atoms with Crippen LogP contribution in [0.3, 0.4) is 0 Å². The molecule has 0 N–H and O–H groups in total. The third kappa shape index (κ3) is 4.68. The summed E-state index contributed by atoms with van der Waals surface area (Å²) in [6, 6.07) is 4.35. The van der Waals surface area contributed by atoms with Crippen molar-refractivity contribution in [2.45, 2.75) is 12.5 Å². The number of nitrogens with zero attached hydrogens (tertiary/aromatic N) is 1. The fraction of sp³-hybridized carbons (Fsp3) is 0.429. The predicted octanol–water partition coefficient (Wildman–Crippen LogP) is 1.90. The van der Waals surface area contributed by atoms with Crippen LogP contribution in [0.4, 0.5) is 0 Å². The summed E-state index contributed by atoms with van der Waals surface area (Å²) in [6.07, 6.45) is 0.399. The average molecular weight is 425 g/mol. The van der Waals surface area contributed by atoms with Gasteiger partial charge >= 0.3 is 5.97 Å². The van der Waals surface area contributed by atoms with Gasteiger partial charge in [0.05, 0.1) is 22.1 Å². The van der Waals surface area contributed by atoms with Crippen LogP contribution in [0.15, 0.2) is 22.7 Å². The number of ether oxygens (including phenoxy) is 1. The molecule has 1 saturated heterocycles. The van der Waals surface area contributed by atoms with Gasteiger partial charge in [-0.05, 0) is 24.6 Å². The molecule has 0 spiro atoms. The van der Waals surface area contributed by atoms with Crippen LogP contribution in [0.1, 0.15) is 16.8 Å². The lowest BCUT2D eigenvalue weighted by Gasteiger charge is -2.23. The molecular weight excluding hydrogens is 410 g/mol. The van der Waals surface area contributed by atoms with E-state index in [-0.39, 0.29) is 28.1 Å². The summed E-state index contributed by atoms with van der Waals surface area (Å²) in [5, 5.41) is 0.223. The molecule has 0 unspecified atom stereocenters. The summed E-state index contributed by atoms with van der Waals surface area (Å²) in [4.78, 5) is 25.3. The molecular formula is C14H15BrClNO5S. The Bertz CT molecular complexity index is 737. The van der Waals surface area contributed by atoms with Crippen molar-refractivity contribution in [1.29, 1.82) is 0 Å². The highest BCUT2D eigenvalue weighted by atomic mass is 79.9. The van der Waals surface area contributed by atoms with Crippen molar-refractivity contribution in [3.63, 3.8) is 0 Å². The zero-order chi connectivity index (χ0) is 17.2. The van der Waals surface area contributed by atoms with Gasteiger partial charge in [-0.1, -0.05) is 27.5 Å². The highest BCUT2D eigenvalue weighted by Crippen LogP contribution is 2.22. The molecule has 0 bridgehead atoms. The Hall–Kier alpha value is -1.12. The molecule has 9 heteroatoms. The number of hydrogen-bond donors (Lipinski definition) is 0. The molecule has 1 heterocycles. The number of esters is 1. The number of sulfone groups is 1. The van der Waals surface area contributed by atoms with E-state index in [2.05, 4.69) is 15.9 Å². The molecule has 1 fully saturated rings.